The Bertz CT molecular complexity index is 754. The van der Waals surface area contributed by atoms with Gasteiger partial charge >= 0.3 is 5.97 Å². The topological polar surface area (TPSA) is 108 Å². The van der Waals surface area contributed by atoms with Crippen LogP contribution in [0.15, 0.2) is 6.20 Å². The van der Waals surface area contributed by atoms with Crippen molar-refractivity contribution in [2.24, 2.45) is 0 Å². The normalized spacial score (nSPS) is 15.3. The van der Waals surface area contributed by atoms with Gasteiger partial charge < -0.3 is 14.1 Å². The molecule has 1 aromatic rings. The average molecular weight is 435 g/mol. The molecule has 2 atom stereocenters. The van der Waals surface area contributed by atoms with Crippen LogP contribution in [0.1, 0.15) is 57.4 Å². The predicted molar refractivity (Wildman–Crippen MR) is 110 cm³/mol. The first-order chi connectivity index (χ1) is 12.7. The third-order valence-electron chi connectivity index (χ3n) is 4.95. The van der Waals surface area contributed by atoms with Crippen LogP contribution < -0.4 is 0 Å². The van der Waals surface area contributed by atoms with Crippen LogP contribution >= 0.6 is 0 Å². The number of aromatic amines is 1. The Labute approximate surface area is 169 Å². The highest BCUT2D eigenvalue weighted by atomic mass is 32.2. The van der Waals surface area contributed by atoms with Gasteiger partial charge in [-0.25, -0.2) is 9.78 Å². The summed E-state index contributed by atoms with van der Waals surface area (Å²) in [6.45, 7) is 14.3. The van der Waals surface area contributed by atoms with Crippen molar-refractivity contribution in [1.82, 2.24) is 9.97 Å². The summed E-state index contributed by atoms with van der Waals surface area (Å²) in [5.74, 6) is 0.136. The van der Waals surface area contributed by atoms with E-state index in [4.69, 9.17) is 13.3 Å². The zero-order chi connectivity index (χ0) is 21.8. The van der Waals surface area contributed by atoms with Gasteiger partial charge in [-0.15, -0.1) is 0 Å². The van der Waals surface area contributed by atoms with Gasteiger partial charge in [-0.3, -0.25) is 4.18 Å². The fraction of sp³-hybridized carbons (Fsp3) is 0.778. The second kappa shape index (κ2) is 9.51. The van der Waals surface area contributed by atoms with E-state index in [1.54, 1.807) is 0 Å². The van der Waals surface area contributed by atoms with E-state index in [1.165, 1.54) is 6.20 Å². The summed E-state index contributed by atoms with van der Waals surface area (Å²) in [6, 6.07) is 0. The maximum Gasteiger partial charge on any atom is 0.356 e. The minimum atomic E-state index is -3.57. The maximum atomic E-state index is 12.5. The van der Waals surface area contributed by atoms with Crippen LogP contribution in [-0.2, 0) is 29.9 Å². The van der Waals surface area contributed by atoms with E-state index in [0.717, 1.165) is 6.26 Å². The SMILES string of the molecule is CCc1ncc(C(=O)O[C@H](CCOS(C)(=O)=O)[C@H](C)O[Si](C)(C)C(C)(C)C)[nH]1. The van der Waals surface area contributed by atoms with Crippen molar-refractivity contribution in [2.45, 2.75) is 77.8 Å². The van der Waals surface area contributed by atoms with Gasteiger partial charge in [-0.1, -0.05) is 27.7 Å². The largest absolute Gasteiger partial charge is 0.455 e. The lowest BCUT2D eigenvalue weighted by Crippen LogP contribution is -2.47. The maximum absolute atomic E-state index is 12.5. The Balaban J connectivity index is 2.92. The number of aromatic nitrogens is 2. The van der Waals surface area contributed by atoms with Crippen molar-refractivity contribution in [3.05, 3.63) is 17.7 Å². The minimum absolute atomic E-state index is 0.0154. The summed E-state index contributed by atoms with van der Waals surface area (Å²) < 4.78 is 39.3. The second-order valence-corrected chi connectivity index (χ2v) is 14.8. The van der Waals surface area contributed by atoms with Gasteiger partial charge in [0.05, 0.1) is 25.2 Å². The summed E-state index contributed by atoms with van der Waals surface area (Å²) in [6.07, 6.45) is 2.22. The molecule has 0 radical (unpaired) electrons. The van der Waals surface area contributed by atoms with Gasteiger partial charge in [0.1, 0.15) is 17.6 Å². The first kappa shape index (κ1) is 24.8. The summed E-state index contributed by atoms with van der Waals surface area (Å²) in [4.78, 5) is 19.5. The van der Waals surface area contributed by atoms with Gasteiger partial charge in [-0.05, 0) is 25.1 Å². The Hall–Kier alpha value is -1.23. The lowest BCUT2D eigenvalue weighted by molar-refractivity contribution is -0.0155. The van der Waals surface area contributed by atoms with E-state index in [2.05, 4.69) is 43.8 Å². The molecule has 0 aliphatic carbocycles. The molecular weight excluding hydrogens is 400 g/mol. The summed E-state index contributed by atoms with van der Waals surface area (Å²) >= 11 is 0. The molecule has 0 amide bonds. The molecule has 28 heavy (non-hydrogen) atoms. The van der Waals surface area contributed by atoms with Crippen LogP contribution in [0.4, 0.5) is 0 Å². The standard InChI is InChI=1S/C18H34N2O6SSi/c1-9-16-19-12-14(20-16)17(21)25-15(10-11-24-27(6,22)23)13(2)26-28(7,8)18(3,4)5/h12-13,15H,9-11H2,1-8H3,(H,19,20)/t13-,15+/m0/s1. The van der Waals surface area contributed by atoms with Crippen molar-refractivity contribution in [1.29, 1.82) is 0 Å². The zero-order valence-electron chi connectivity index (χ0n) is 18.2. The number of rotatable bonds is 10. The minimum Gasteiger partial charge on any atom is -0.455 e. The fourth-order valence-corrected chi connectivity index (χ4v) is 4.10. The number of imidazole rings is 1. The molecule has 0 spiro atoms. The number of esters is 1. The molecule has 0 unspecified atom stereocenters. The molecule has 1 rings (SSSR count). The quantitative estimate of drug-likeness (QED) is 0.342. The number of carbonyl (C=O) groups is 1. The highest BCUT2D eigenvalue weighted by Crippen LogP contribution is 2.38. The van der Waals surface area contributed by atoms with E-state index in [0.29, 0.717) is 12.2 Å². The molecule has 0 fully saturated rings. The van der Waals surface area contributed by atoms with E-state index in [-0.39, 0.29) is 23.8 Å². The molecule has 1 heterocycles. The Morgan fingerprint density at radius 1 is 1.32 bits per heavy atom. The van der Waals surface area contributed by atoms with Crippen molar-refractivity contribution in [2.75, 3.05) is 12.9 Å². The zero-order valence-corrected chi connectivity index (χ0v) is 20.0. The molecule has 10 heteroatoms. The van der Waals surface area contributed by atoms with Crippen molar-refractivity contribution in [3.63, 3.8) is 0 Å². The van der Waals surface area contributed by atoms with Crippen LogP contribution in [0.25, 0.3) is 0 Å². The number of nitrogens with one attached hydrogen (secondary N) is 1. The van der Waals surface area contributed by atoms with Gasteiger partial charge in [0.2, 0.25) is 0 Å². The summed E-state index contributed by atoms with van der Waals surface area (Å²) in [5, 5.41) is -0.0154. The number of hydrogen-bond acceptors (Lipinski definition) is 7. The highest BCUT2D eigenvalue weighted by Gasteiger charge is 2.40. The van der Waals surface area contributed by atoms with E-state index in [9.17, 15) is 13.2 Å². The second-order valence-electron chi connectivity index (χ2n) is 8.44. The van der Waals surface area contributed by atoms with Crippen LogP contribution in [0.3, 0.4) is 0 Å². The van der Waals surface area contributed by atoms with E-state index in [1.807, 2.05) is 13.8 Å². The fourth-order valence-electron chi connectivity index (χ4n) is 2.27. The Morgan fingerprint density at radius 3 is 2.39 bits per heavy atom. The number of carbonyl (C=O) groups excluding carboxylic acids is 1. The summed E-state index contributed by atoms with van der Waals surface area (Å²) in [5.41, 5.74) is 0.255. The number of hydrogen-bond donors (Lipinski definition) is 1. The van der Waals surface area contributed by atoms with E-state index >= 15 is 0 Å². The van der Waals surface area contributed by atoms with Crippen LogP contribution in [0, 0.1) is 0 Å². The van der Waals surface area contributed by atoms with Crippen molar-refractivity contribution in [3.8, 4) is 0 Å². The predicted octanol–water partition coefficient (Wildman–Crippen LogP) is 3.27. The Kier molecular flexibility index (Phi) is 8.42. The van der Waals surface area contributed by atoms with Crippen molar-refractivity contribution < 1.29 is 26.6 Å². The summed E-state index contributed by atoms with van der Waals surface area (Å²) in [7, 11) is -5.68. The van der Waals surface area contributed by atoms with Gasteiger partial charge in [0.25, 0.3) is 10.1 Å². The molecule has 1 aromatic heterocycles. The molecule has 0 bridgehead atoms. The lowest BCUT2D eigenvalue weighted by atomic mass is 10.2. The van der Waals surface area contributed by atoms with Gasteiger partial charge in [0.15, 0.2) is 8.32 Å². The molecule has 0 aliphatic rings. The molecule has 0 aromatic carbocycles. The van der Waals surface area contributed by atoms with Crippen LogP contribution in [-0.4, -0.2) is 57.7 Å². The lowest BCUT2D eigenvalue weighted by Gasteiger charge is -2.40. The van der Waals surface area contributed by atoms with Crippen LogP contribution in [0.5, 0.6) is 0 Å². The van der Waals surface area contributed by atoms with E-state index < -0.39 is 36.6 Å². The molecule has 1 N–H and O–H groups in total. The average Bonchev–Trinajstić information content (AvgIpc) is 3.00. The highest BCUT2D eigenvalue weighted by molar-refractivity contribution is 7.85. The third kappa shape index (κ3) is 7.65. The first-order valence-electron chi connectivity index (χ1n) is 9.43. The number of ether oxygens (including phenoxy) is 1. The first-order valence-corrected chi connectivity index (χ1v) is 14.2. The monoisotopic (exact) mass is 434 g/mol. The number of aryl methyl sites for hydroxylation is 1. The Morgan fingerprint density at radius 2 is 1.93 bits per heavy atom. The smallest absolute Gasteiger partial charge is 0.356 e. The van der Waals surface area contributed by atoms with Crippen LogP contribution in [0.2, 0.25) is 18.1 Å². The molecule has 8 nitrogen and oxygen atoms in total. The molecule has 0 saturated carbocycles. The third-order valence-corrected chi connectivity index (χ3v) is 10.1. The number of H-pyrrole nitrogens is 1. The van der Waals surface area contributed by atoms with Gasteiger partial charge in [-0.2, -0.15) is 8.42 Å². The van der Waals surface area contributed by atoms with Gasteiger partial charge in [0, 0.05) is 12.8 Å². The van der Waals surface area contributed by atoms with Crippen molar-refractivity contribution >= 4 is 24.4 Å². The molecule has 162 valence electrons. The molecular formula is C18H34N2O6SSi. The molecule has 0 saturated heterocycles. The molecule has 0 aliphatic heterocycles. The number of nitrogens with zero attached hydrogens (tertiary/aromatic N) is 1.